The molecule has 23 heavy (non-hydrogen) atoms. The highest BCUT2D eigenvalue weighted by Crippen LogP contribution is 2.28. The molecule has 1 aromatic rings. The SMILES string of the molecule is CCN(C(=O)c1ccc(=O)n(CCOC)c1)C1CCCCC1C. The minimum atomic E-state index is -0.104. The van der Waals surface area contributed by atoms with Crippen LogP contribution in [0.2, 0.25) is 0 Å². The van der Waals surface area contributed by atoms with Crippen LogP contribution in [0, 0.1) is 5.92 Å². The Kier molecular flexibility index (Phi) is 6.39. The van der Waals surface area contributed by atoms with Crippen LogP contribution in [0.15, 0.2) is 23.1 Å². The number of amides is 1. The lowest BCUT2D eigenvalue weighted by atomic mass is 9.84. The molecule has 0 saturated heterocycles. The van der Waals surface area contributed by atoms with Gasteiger partial charge in [0.15, 0.2) is 0 Å². The average Bonchev–Trinajstić information content (AvgIpc) is 2.56. The zero-order chi connectivity index (χ0) is 16.8. The summed E-state index contributed by atoms with van der Waals surface area (Å²) in [5.41, 5.74) is 0.480. The second-order valence-electron chi connectivity index (χ2n) is 6.36. The van der Waals surface area contributed by atoms with Crippen LogP contribution in [0.1, 0.15) is 49.9 Å². The quantitative estimate of drug-likeness (QED) is 0.809. The van der Waals surface area contributed by atoms with E-state index in [-0.39, 0.29) is 11.5 Å². The molecule has 2 unspecified atom stereocenters. The molecule has 1 heterocycles. The lowest BCUT2D eigenvalue weighted by molar-refractivity contribution is 0.0568. The van der Waals surface area contributed by atoms with Crippen LogP contribution in [0.5, 0.6) is 0 Å². The molecule has 0 aromatic carbocycles. The maximum atomic E-state index is 12.9. The van der Waals surface area contributed by atoms with Crippen molar-refractivity contribution in [2.24, 2.45) is 5.92 Å². The first-order chi connectivity index (χ1) is 11.1. The van der Waals surface area contributed by atoms with E-state index in [4.69, 9.17) is 4.74 Å². The normalized spacial score (nSPS) is 21.2. The third-order valence-electron chi connectivity index (χ3n) is 4.83. The number of nitrogens with zero attached hydrogens (tertiary/aromatic N) is 2. The summed E-state index contributed by atoms with van der Waals surface area (Å²) >= 11 is 0. The maximum absolute atomic E-state index is 12.9. The van der Waals surface area contributed by atoms with E-state index in [1.54, 1.807) is 23.9 Å². The first kappa shape index (κ1) is 17.7. The third kappa shape index (κ3) is 4.22. The van der Waals surface area contributed by atoms with Gasteiger partial charge in [-0.05, 0) is 31.7 Å². The summed E-state index contributed by atoms with van der Waals surface area (Å²) in [6.07, 6.45) is 6.36. The minimum absolute atomic E-state index is 0.0254. The lowest BCUT2D eigenvalue weighted by Gasteiger charge is -2.38. The maximum Gasteiger partial charge on any atom is 0.255 e. The molecule has 5 heteroatoms. The second kappa shape index (κ2) is 8.29. The van der Waals surface area contributed by atoms with Gasteiger partial charge in [0.05, 0.1) is 12.2 Å². The van der Waals surface area contributed by atoms with E-state index in [2.05, 4.69) is 6.92 Å². The fourth-order valence-electron chi connectivity index (χ4n) is 3.48. The molecule has 1 aromatic heterocycles. The van der Waals surface area contributed by atoms with E-state index >= 15 is 0 Å². The Morgan fingerprint density at radius 3 is 2.74 bits per heavy atom. The number of pyridine rings is 1. The van der Waals surface area contributed by atoms with E-state index in [1.165, 1.54) is 25.3 Å². The van der Waals surface area contributed by atoms with Gasteiger partial charge >= 0.3 is 0 Å². The molecule has 5 nitrogen and oxygen atoms in total. The monoisotopic (exact) mass is 320 g/mol. The molecule has 2 rings (SSSR count). The first-order valence-electron chi connectivity index (χ1n) is 8.58. The van der Waals surface area contributed by atoms with Crippen LogP contribution in [0.25, 0.3) is 0 Å². The van der Waals surface area contributed by atoms with Gasteiger partial charge in [-0.15, -0.1) is 0 Å². The van der Waals surface area contributed by atoms with Crippen molar-refractivity contribution in [2.45, 2.75) is 52.1 Å². The zero-order valence-corrected chi connectivity index (χ0v) is 14.5. The summed E-state index contributed by atoms with van der Waals surface area (Å²) in [4.78, 5) is 26.8. The van der Waals surface area contributed by atoms with Crippen LogP contribution < -0.4 is 5.56 Å². The molecule has 0 aliphatic heterocycles. The molecule has 0 spiro atoms. The van der Waals surface area contributed by atoms with E-state index in [0.29, 0.717) is 37.2 Å². The van der Waals surface area contributed by atoms with E-state index in [9.17, 15) is 9.59 Å². The van der Waals surface area contributed by atoms with Crippen molar-refractivity contribution in [3.63, 3.8) is 0 Å². The van der Waals surface area contributed by atoms with Crippen LogP contribution in [0.4, 0.5) is 0 Å². The van der Waals surface area contributed by atoms with Crippen LogP contribution in [-0.2, 0) is 11.3 Å². The summed E-state index contributed by atoms with van der Waals surface area (Å²) in [6, 6.07) is 3.42. The average molecular weight is 320 g/mol. The molecule has 128 valence electrons. The Hall–Kier alpha value is -1.62. The molecule has 2 atom stereocenters. The fourth-order valence-corrected chi connectivity index (χ4v) is 3.48. The number of hydrogen-bond donors (Lipinski definition) is 0. The van der Waals surface area contributed by atoms with Crippen LogP contribution in [0.3, 0.4) is 0 Å². The topological polar surface area (TPSA) is 51.5 Å². The summed E-state index contributed by atoms with van der Waals surface area (Å²) in [5, 5.41) is 0. The highest BCUT2D eigenvalue weighted by Gasteiger charge is 2.30. The van der Waals surface area contributed by atoms with Crippen LogP contribution in [-0.4, -0.2) is 41.7 Å². The van der Waals surface area contributed by atoms with Crippen molar-refractivity contribution < 1.29 is 9.53 Å². The largest absolute Gasteiger partial charge is 0.383 e. The highest BCUT2D eigenvalue weighted by molar-refractivity contribution is 5.94. The zero-order valence-electron chi connectivity index (χ0n) is 14.5. The molecule has 0 bridgehead atoms. The molecule has 0 radical (unpaired) electrons. The predicted octanol–water partition coefficient (Wildman–Crippen LogP) is 2.54. The van der Waals surface area contributed by atoms with E-state index < -0.39 is 0 Å². The van der Waals surface area contributed by atoms with Gasteiger partial charge in [-0.2, -0.15) is 0 Å². The summed E-state index contributed by atoms with van der Waals surface area (Å²) in [6.45, 7) is 5.88. The van der Waals surface area contributed by atoms with Gasteiger partial charge in [0.2, 0.25) is 0 Å². The van der Waals surface area contributed by atoms with Crippen molar-refractivity contribution in [2.75, 3.05) is 20.3 Å². The summed E-state index contributed by atoms with van der Waals surface area (Å²) in [7, 11) is 1.60. The van der Waals surface area contributed by atoms with Gasteiger partial charge in [0.25, 0.3) is 11.5 Å². The van der Waals surface area contributed by atoms with E-state index in [1.807, 2.05) is 11.8 Å². The predicted molar refractivity (Wildman–Crippen MR) is 90.7 cm³/mol. The number of ether oxygens (including phenoxy) is 1. The van der Waals surface area contributed by atoms with Crippen molar-refractivity contribution >= 4 is 5.91 Å². The Morgan fingerprint density at radius 1 is 1.35 bits per heavy atom. The smallest absolute Gasteiger partial charge is 0.255 e. The molecule has 0 N–H and O–H groups in total. The Balaban J connectivity index is 2.21. The van der Waals surface area contributed by atoms with Gasteiger partial charge in [-0.1, -0.05) is 19.8 Å². The Labute approximate surface area is 138 Å². The molecule has 1 fully saturated rings. The number of carbonyl (C=O) groups is 1. The molecule has 1 amide bonds. The number of methoxy groups -OCH3 is 1. The molecular formula is C18H28N2O3. The van der Waals surface area contributed by atoms with Crippen LogP contribution >= 0.6 is 0 Å². The fraction of sp³-hybridized carbons (Fsp3) is 0.667. The molecular weight excluding hydrogens is 292 g/mol. The van der Waals surface area contributed by atoms with Crippen molar-refractivity contribution in [1.82, 2.24) is 9.47 Å². The van der Waals surface area contributed by atoms with Crippen molar-refractivity contribution in [1.29, 1.82) is 0 Å². The minimum Gasteiger partial charge on any atom is -0.383 e. The Bertz CT molecular complexity index is 582. The molecule has 1 aliphatic carbocycles. The highest BCUT2D eigenvalue weighted by atomic mass is 16.5. The molecule has 1 saturated carbocycles. The molecule has 1 aliphatic rings. The number of rotatable bonds is 6. The third-order valence-corrected chi connectivity index (χ3v) is 4.83. The van der Waals surface area contributed by atoms with Crippen molar-refractivity contribution in [3.8, 4) is 0 Å². The summed E-state index contributed by atoms with van der Waals surface area (Å²) < 4.78 is 6.57. The van der Waals surface area contributed by atoms with Gasteiger partial charge in [-0.3, -0.25) is 9.59 Å². The number of carbonyl (C=O) groups excluding carboxylic acids is 1. The van der Waals surface area contributed by atoms with Gasteiger partial charge < -0.3 is 14.2 Å². The second-order valence-corrected chi connectivity index (χ2v) is 6.36. The van der Waals surface area contributed by atoms with Crippen molar-refractivity contribution in [3.05, 3.63) is 34.2 Å². The van der Waals surface area contributed by atoms with Gasteiger partial charge in [0, 0.05) is 38.5 Å². The van der Waals surface area contributed by atoms with E-state index in [0.717, 1.165) is 6.42 Å². The Morgan fingerprint density at radius 2 is 2.09 bits per heavy atom. The first-order valence-corrected chi connectivity index (χ1v) is 8.58. The number of aromatic nitrogens is 1. The van der Waals surface area contributed by atoms with Gasteiger partial charge in [0.1, 0.15) is 0 Å². The summed E-state index contributed by atoms with van der Waals surface area (Å²) in [5.74, 6) is 0.560. The van der Waals surface area contributed by atoms with Gasteiger partial charge in [-0.25, -0.2) is 0 Å². The lowest BCUT2D eigenvalue weighted by Crippen LogP contribution is -2.45. The standard InChI is InChI=1S/C18H28N2O3/c1-4-20(16-8-6-5-7-14(16)2)18(22)15-9-10-17(21)19(13-15)11-12-23-3/h9-10,13-14,16H,4-8,11-12H2,1-3H3. The number of hydrogen-bond acceptors (Lipinski definition) is 3.